The summed E-state index contributed by atoms with van der Waals surface area (Å²) >= 11 is 0. The Morgan fingerprint density at radius 3 is 2.30 bits per heavy atom. The number of epoxide rings is 1. The zero-order valence-corrected chi connectivity index (χ0v) is 34.8. The zero-order chi connectivity index (χ0) is 42.4. The molecule has 17 atom stereocenters. The van der Waals surface area contributed by atoms with Gasteiger partial charge in [-0.15, -0.1) is 0 Å². The van der Waals surface area contributed by atoms with Gasteiger partial charge in [0.25, 0.3) is 0 Å². The molecule has 0 aromatic heterocycles. The molecule has 17 nitrogen and oxygen atoms in total. The maximum absolute atomic E-state index is 13.4. The van der Waals surface area contributed by atoms with Gasteiger partial charge in [0.2, 0.25) is 0 Å². The lowest BCUT2D eigenvalue weighted by atomic mass is 9.83. The van der Waals surface area contributed by atoms with Gasteiger partial charge >= 0.3 is 17.9 Å². The first-order chi connectivity index (χ1) is 26.8. The lowest BCUT2D eigenvalue weighted by Crippen LogP contribution is -2.66. The van der Waals surface area contributed by atoms with Crippen LogP contribution in [0, 0.1) is 11.8 Å². The molecule has 17 heteroatoms. The summed E-state index contributed by atoms with van der Waals surface area (Å²) in [6, 6.07) is -0.796. The molecule has 4 rings (SSSR count). The van der Waals surface area contributed by atoms with E-state index in [1.807, 2.05) is 0 Å². The Morgan fingerprint density at radius 1 is 1.00 bits per heavy atom. The van der Waals surface area contributed by atoms with Gasteiger partial charge in [0, 0.05) is 45.6 Å². The molecule has 2 N–H and O–H groups in total. The fourth-order valence-electron chi connectivity index (χ4n) is 8.21. The predicted molar refractivity (Wildman–Crippen MR) is 199 cm³/mol. The molecule has 4 aliphatic heterocycles. The van der Waals surface area contributed by atoms with E-state index in [4.69, 9.17) is 42.6 Å². The molecule has 0 bridgehead atoms. The molecule has 0 unspecified atom stereocenters. The topological polar surface area (TPSA) is 215 Å². The number of ether oxygens (including phenoxy) is 9. The monoisotopic (exact) mass is 813 g/mol. The molecule has 4 heterocycles. The molecule has 4 aliphatic rings. The van der Waals surface area contributed by atoms with E-state index in [0.29, 0.717) is 12.7 Å². The largest absolute Gasteiger partial charge is 0.462 e. The molecule has 0 amide bonds. The van der Waals surface area contributed by atoms with Crippen molar-refractivity contribution in [3.05, 3.63) is 12.2 Å². The Labute approximate surface area is 334 Å². The lowest BCUT2D eigenvalue weighted by molar-refractivity contribution is -0.344. The van der Waals surface area contributed by atoms with Crippen LogP contribution in [0.15, 0.2) is 12.2 Å². The highest BCUT2D eigenvalue weighted by Crippen LogP contribution is 2.38. The number of carbonyl (C=O) groups is 5. The number of aldehydes is 1. The number of cyclic esters (lactones) is 1. The Kier molecular flexibility index (Phi) is 16.8. The van der Waals surface area contributed by atoms with Crippen molar-refractivity contribution in [2.75, 3.05) is 21.2 Å². The molecule has 324 valence electrons. The Bertz CT molecular complexity index is 1420. The number of carbonyl (C=O) groups excluding carboxylic acids is 5. The number of allylic oxidation sites excluding steroid dienone is 1. The molecule has 0 aliphatic carbocycles. The molecule has 57 heavy (non-hydrogen) atoms. The van der Waals surface area contributed by atoms with E-state index in [1.54, 1.807) is 66.6 Å². The Balaban J connectivity index is 1.66. The molecule has 0 saturated carbocycles. The van der Waals surface area contributed by atoms with E-state index in [9.17, 15) is 34.2 Å². The van der Waals surface area contributed by atoms with Crippen LogP contribution in [0.5, 0.6) is 0 Å². The second-order valence-electron chi connectivity index (χ2n) is 16.2. The first-order valence-electron chi connectivity index (χ1n) is 19.9. The van der Waals surface area contributed by atoms with Crippen LogP contribution in [0.1, 0.15) is 87.0 Å². The molecule has 0 aromatic carbocycles. The van der Waals surface area contributed by atoms with Crippen molar-refractivity contribution in [3.8, 4) is 0 Å². The summed E-state index contributed by atoms with van der Waals surface area (Å²) in [6.07, 6.45) is -8.00. The highest BCUT2D eigenvalue weighted by molar-refractivity contribution is 5.91. The number of rotatable bonds is 11. The first-order valence-corrected chi connectivity index (χ1v) is 19.9. The molecule has 0 spiro atoms. The number of esters is 3. The van der Waals surface area contributed by atoms with Crippen LogP contribution in [0.3, 0.4) is 0 Å². The number of fused-ring (bicyclic) bond motifs is 1. The van der Waals surface area contributed by atoms with Crippen LogP contribution < -0.4 is 0 Å². The fraction of sp³-hybridized carbons (Fsp3) is 0.825. The van der Waals surface area contributed by atoms with Gasteiger partial charge in [-0.25, -0.2) is 0 Å². The van der Waals surface area contributed by atoms with Crippen molar-refractivity contribution in [2.45, 2.75) is 178 Å². The van der Waals surface area contributed by atoms with Crippen LogP contribution in [-0.4, -0.2) is 158 Å². The summed E-state index contributed by atoms with van der Waals surface area (Å²) < 4.78 is 53.9. The summed E-state index contributed by atoms with van der Waals surface area (Å²) in [5, 5.41) is 23.4. The van der Waals surface area contributed by atoms with Crippen LogP contribution in [0.25, 0.3) is 0 Å². The van der Waals surface area contributed by atoms with Crippen molar-refractivity contribution in [2.24, 2.45) is 11.8 Å². The standard InChI is InChI=1S/C40H63NO16/c1-11-30(45)55-38-23(5)51-32(19-40(38,7)48)56-35-22(4)52-39(34(47)33(35)41(8)9)57-36-25(14-15-42)16-20(2)26(44)12-13-27-28(54-27)17-21(3)50-31(46)18-29(37(36)49-10)53-24(6)43/h12-13,15,20-23,25,27-29,32-39,47-48H,11,14,16-19H2,1-10H3/b13-12+/t20-,21-,22+,23-,25+,27+,28-,29-,32+,33+,34+,35+,36+,37+,38-,39-,40-/m1/s1. The minimum Gasteiger partial charge on any atom is -0.462 e. The molecule has 0 aromatic rings. The zero-order valence-electron chi connectivity index (χ0n) is 34.8. The number of hydrogen-bond acceptors (Lipinski definition) is 17. The predicted octanol–water partition coefficient (Wildman–Crippen LogP) is 1.80. The second-order valence-corrected chi connectivity index (χ2v) is 16.2. The van der Waals surface area contributed by atoms with E-state index in [0.717, 1.165) is 0 Å². The quantitative estimate of drug-likeness (QED) is 0.132. The van der Waals surface area contributed by atoms with Crippen LogP contribution in [0.2, 0.25) is 0 Å². The number of likely N-dealkylation sites (N-methyl/N-ethyl adjacent to an activating group) is 1. The van der Waals surface area contributed by atoms with Crippen LogP contribution in [-0.2, 0) is 66.6 Å². The van der Waals surface area contributed by atoms with E-state index < -0.39 is 115 Å². The highest BCUT2D eigenvalue weighted by Gasteiger charge is 2.53. The van der Waals surface area contributed by atoms with Gasteiger partial charge in [-0.1, -0.05) is 13.8 Å². The van der Waals surface area contributed by atoms with Gasteiger partial charge in [-0.05, 0) is 66.3 Å². The minimum atomic E-state index is -1.50. The lowest BCUT2D eigenvalue weighted by Gasteiger charge is -2.50. The second kappa shape index (κ2) is 20.4. The van der Waals surface area contributed by atoms with Crippen molar-refractivity contribution in [1.82, 2.24) is 4.90 Å². The summed E-state index contributed by atoms with van der Waals surface area (Å²) in [4.78, 5) is 65.2. The summed E-state index contributed by atoms with van der Waals surface area (Å²) in [7, 11) is 4.81. The van der Waals surface area contributed by atoms with Crippen molar-refractivity contribution >= 4 is 30.0 Å². The molecular weight excluding hydrogens is 750 g/mol. The third kappa shape index (κ3) is 12.3. The van der Waals surface area contributed by atoms with Gasteiger partial charge in [0.15, 0.2) is 24.5 Å². The highest BCUT2D eigenvalue weighted by atomic mass is 16.7. The number of aliphatic hydroxyl groups is 2. The average Bonchev–Trinajstić information content (AvgIpc) is 3.86. The number of ketones is 1. The third-order valence-corrected chi connectivity index (χ3v) is 11.1. The normalized spacial score (nSPS) is 42.7. The minimum absolute atomic E-state index is 0.0531. The van der Waals surface area contributed by atoms with Crippen LogP contribution >= 0.6 is 0 Å². The summed E-state index contributed by atoms with van der Waals surface area (Å²) in [5.74, 6) is -3.45. The summed E-state index contributed by atoms with van der Waals surface area (Å²) in [6.45, 7) is 11.2. The number of methoxy groups -OCH3 is 1. The maximum atomic E-state index is 13.4. The molecule has 0 radical (unpaired) electrons. The molecule has 3 fully saturated rings. The summed E-state index contributed by atoms with van der Waals surface area (Å²) in [5.41, 5.74) is -1.50. The Hall–Kier alpha value is -2.87. The first kappa shape index (κ1) is 46.8. The van der Waals surface area contributed by atoms with Crippen molar-refractivity contribution < 1.29 is 76.8 Å². The van der Waals surface area contributed by atoms with Gasteiger partial charge in [-0.2, -0.15) is 0 Å². The number of aliphatic hydroxyl groups excluding tert-OH is 1. The number of nitrogens with zero attached hydrogens (tertiary/aromatic N) is 1. The van der Waals surface area contributed by atoms with E-state index in [-0.39, 0.29) is 43.7 Å². The van der Waals surface area contributed by atoms with Gasteiger partial charge in [-0.3, -0.25) is 19.2 Å². The molecular formula is C40H63NO16. The van der Waals surface area contributed by atoms with Gasteiger partial charge in [0.1, 0.15) is 48.5 Å². The third-order valence-electron chi connectivity index (χ3n) is 11.1. The Morgan fingerprint density at radius 2 is 1.70 bits per heavy atom. The van der Waals surface area contributed by atoms with Crippen molar-refractivity contribution in [1.29, 1.82) is 0 Å². The van der Waals surface area contributed by atoms with Crippen molar-refractivity contribution in [3.63, 3.8) is 0 Å². The van der Waals surface area contributed by atoms with Gasteiger partial charge < -0.3 is 62.5 Å². The van der Waals surface area contributed by atoms with Crippen LogP contribution in [0.4, 0.5) is 0 Å². The fourth-order valence-corrected chi connectivity index (χ4v) is 8.21. The van der Waals surface area contributed by atoms with Gasteiger partial charge in [0.05, 0.1) is 36.9 Å². The van der Waals surface area contributed by atoms with E-state index >= 15 is 0 Å². The van der Waals surface area contributed by atoms with E-state index in [1.165, 1.54) is 20.1 Å². The SMILES string of the molecule is CCC(=O)O[C@@H]1[C@@H](C)O[C@@H](O[C@@H]2[C@@H](N(C)C)[C@H](O)[C@@H](O[C@H]3[C@@H](CC=O)C[C@@H](C)C(=O)/C=C/[C@@H]4O[C@@H]4C[C@@H](C)OC(=O)C[C@@H](OC(C)=O)[C@@H]3OC)O[C@H]2C)C[C@@]1(C)O. The molecule has 3 saturated heterocycles. The maximum Gasteiger partial charge on any atom is 0.309 e. The smallest absolute Gasteiger partial charge is 0.309 e. The average molecular weight is 814 g/mol. The van der Waals surface area contributed by atoms with E-state index in [2.05, 4.69) is 0 Å². The number of hydrogen-bond donors (Lipinski definition) is 2.